The van der Waals surface area contributed by atoms with Crippen molar-refractivity contribution in [3.63, 3.8) is 0 Å². The van der Waals surface area contributed by atoms with Crippen LogP contribution in [0, 0.1) is 0 Å². The second kappa shape index (κ2) is 7.47. The van der Waals surface area contributed by atoms with Gasteiger partial charge in [-0.3, -0.25) is 4.57 Å². The van der Waals surface area contributed by atoms with Gasteiger partial charge in [0, 0.05) is 16.2 Å². The van der Waals surface area contributed by atoms with Crippen molar-refractivity contribution in [1.82, 2.24) is 29.5 Å². The number of nitrogens with zero attached hydrogens (tertiary/aromatic N) is 4. The molecule has 0 aliphatic heterocycles. The minimum Gasteiger partial charge on any atom is -0.496 e. The van der Waals surface area contributed by atoms with Crippen LogP contribution in [-0.2, 0) is 6.54 Å². The number of H-pyrrole nitrogens is 2. The van der Waals surface area contributed by atoms with Crippen LogP contribution >= 0.6 is 15.9 Å². The number of hydrogen-bond donors (Lipinski definition) is 3. The number of benzene rings is 1. The average Bonchev–Trinajstić information content (AvgIpc) is 3.32. The second-order valence-electron chi connectivity index (χ2n) is 6.21. The van der Waals surface area contributed by atoms with Gasteiger partial charge in [0.05, 0.1) is 37.9 Å². The fourth-order valence-corrected chi connectivity index (χ4v) is 3.47. The number of imidazole rings is 2. The van der Waals surface area contributed by atoms with E-state index in [4.69, 9.17) is 4.74 Å². The maximum Gasteiger partial charge on any atom is 0.328 e. The molecule has 0 amide bonds. The lowest BCUT2D eigenvalue weighted by molar-refractivity contribution is 0.403. The molecule has 0 fully saturated rings. The summed E-state index contributed by atoms with van der Waals surface area (Å²) in [6.45, 7) is 2.40. The van der Waals surface area contributed by atoms with Crippen molar-refractivity contribution in [1.29, 1.82) is 0 Å². The first-order valence-corrected chi connectivity index (χ1v) is 9.38. The van der Waals surface area contributed by atoms with Gasteiger partial charge < -0.3 is 20.0 Å². The maximum atomic E-state index is 12.6. The van der Waals surface area contributed by atoms with Crippen LogP contribution in [0.1, 0.15) is 24.2 Å². The lowest BCUT2D eigenvalue weighted by atomic mass is 10.1. The number of nitrogens with one attached hydrogen (secondary N) is 3. The Labute approximate surface area is 168 Å². The van der Waals surface area contributed by atoms with Crippen LogP contribution in [0.25, 0.3) is 11.2 Å². The zero-order valence-electron chi connectivity index (χ0n) is 15.2. The molecule has 9 nitrogen and oxygen atoms in total. The van der Waals surface area contributed by atoms with Crippen LogP contribution in [0.5, 0.6) is 5.75 Å². The SMILES string of the molecule is COc1ccc(Br)cc1[C@@H](C)n1c(=O)[nH]c2cnc(NCc3c[nH]cn3)nc21. The topological polar surface area (TPSA) is 114 Å². The summed E-state index contributed by atoms with van der Waals surface area (Å²) in [5.74, 6) is 1.11. The molecule has 0 radical (unpaired) electrons. The third-order valence-electron chi connectivity index (χ3n) is 4.47. The van der Waals surface area contributed by atoms with Crippen LogP contribution in [0.3, 0.4) is 0 Å². The van der Waals surface area contributed by atoms with E-state index in [1.807, 2.05) is 25.1 Å². The highest BCUT2D eigenvalue weighted by Crippen LogP contribution is 2.31. The Kier molecular flexibility index (Phi) is 4.86. The first-order valence-electron chi connectivity index (χ1n) is 8.59. The quantitative estimate of drug-likeness (QED) is 0.422. The van der Waals surface area contributed by atoms with Gasteiger partial charge in [-0.15, -0.1) is 0 Å². The fourth-order valence-electron chi connectivity index (χ4n) is 3.09. The number of halogens is 1. The highest BCUT2D eigenvalue weighted by molar-refractivity contribution is 9.10. The lowest BCUT2D eigenvalue weighted by Crippen LogP contribution is -2.22. The minimum atomic E-state index is -0.303. The number of aromatic amines is 2. The molecule has 4 rings (SSSR count). The fraction of sp³-hybridized carbons (Fsp3) is 0.222. The van der Waals surface area contributed by atoms with Crippen molar-refractivity contribution in [3.05, 3.63) is 63.1 Å². The molecule has 10 heteroatoms. The molecular formula is C18H18BrN7O2. The number of rotatable bonds is 6. The van der Waals surface area contributed by atoms with Gasteiger partial charge in [-0.25, -0.2) is 14.8 Å². The minimum absolute atomic E-state index is 0.261. The number of hydrogen-bond acceptors (Lipinski definition) is 6. The zero-order chi connectivity index (χ0) is 19.7. The van der Waals surface area contributed by atoms with Crippen LogP contribution in [0.2, 0.25) is 0 Å². The van der Waals surface area contributed by atoms with Crippen molar-refractivity contribution >= 4 is 33.0 Å². The van der Waals surface area contributed by atoms with Gasteiger partial charge in [0.25, 0.3) is 0 Å². The normalized spacial score (nSPS) is 12.2. The number of fused-ring (bicyclic) bond motifs is 1. The van der Waals surface area contributed by atoms with Crippen LogP contribution in [0.4, 0.5) is 5.95 Å². The van der Waals surface area contributed by atoms with Gasteiger partial charge in [-0.05, 0) is 25.1 Å². The molecule has 3 N–H and O–H groups in total. The molecular weight excluding hydrogens is 426 g/mol. The van der Waals surface area contributed by atoms with E-state index in [1.54, 1.807) is 30.4 Å². The standard InChI is InChI=1S/C18H18BrN7O2/c1-10(13-5-11(19)3-4-15(13)28-2)26-16-14(24-18(26)27)8-22-17(25-16)21-7-12-6-20-9-23-12/h3-6,8-10H,7H2,1-2H3,(H,20,23)(H,24,27)(H,21,22,25)/t10-/m1/s1. The average molecular weight is 444 g/mol. The van der Waals surface area contributed by atoms with E-state index in [2.05, 4.69) is 46.2 Å². The Balaban J connectivity index is 1.74. The Hall–Kier alpha value is -3.14. The summed E-state index contributed by atoms with van der Waals surface area (Å²) in [7, 11) is 1.61. The maximum absolute atomic E-state index is 12.6. The zero-order valence-corrected chi connectivity index (χ0v) is 16.8. The van der Waals surface area contributed by atoms with E-state index in [0.29, 0.717) is 29.4 Å². The van der Waals surface area contributed by atoms with E-state index in [1.165, 1.54) is 0 Å². The van der Waals surface area contributed by atoms with Crippen molar-refractivity contribution in [3.8, 4) is 5.75 Å². The van der Waals surface area contributed by atoms with Crippen molar-refractivity contribution in [2.75, 3.05) is 12.4 Å². The Bertz CT molecular complexity index is 1170. The molecule has 3 aromatic heterocycles. The van der Waals surface area contributed by atoms with E-state index < -0.39 is 0 Å². The molecule has 0 bridgehead atoms. The molecule has 0 saturated heterocycles. The first kappa shape index (κ1) is 18.2. The van der Waals surface area contributed by atoms with Gasteiger partial charge in [0.1, 0.15) is 11.3 Å². The van der Waals surface area contributed by atoms with Gasteiger partial charge in [-0.2, -0.15) is 4.98 Å². The molecule has 0 aliphatic rings. The molecule has 28 heavy (non-hydrogen) atoms. The van der Waals surface area contributed by atoms with Gasteiger partial charge >= 0.3 is 5.69 Å². The van der Waals surface area contributed by atoms with Gasteiger partial charge in [0.2, 0.25) is 5.95 Å². The Morgan fingerprint density at radius 1 is 1.36 bits per heavy atom. The van der Waals surface area contributed by atoms with Crippen molar-refractivity contribution < 1.29 is 4.74 Å². The monoisotopic (exact) mass is 443 g/mol. The molecule has 144 valence electrons. The van der Waals surface area contributed by atoms with E-state index in [9.17, 15) is 4.79 Å². The van der Waals surface area contributed by atoms with Crippen molar-refractivity contribution in [2.24, 2.45) is 0 Å². The number of ether oxygens (including phenoxy) is 1. The van der Waals surface area contributed by atoms with Gasteiger partial charge in [0.15, 0.2) is 5.65 Å². The summed E-state index contributed by atoms with van der Waals surface area (Å²) in [5, 5.41) is 3.12. The van der Waals surface area contributed by atoms with Crippen LogP contribution in [0.15, 0.2) is 46.2 Å². The van der Waals surface area contributed by atoms with Crippen LogP contribution < -0.4 is 15.7 Å². The summed E-state index contributed by atoms with van der Waals surface area (Å²) in [6, 6.07) is 5.39. The summed E-state index contributed by atoms with van der Waals surface area (Å²) in [5.41, 5.74) is 2.52. The predicted molar refractivity (Wildman–Crippen MR) is 109 cm³/mol. The highest BCUT2D eigenvalue weighted by atomic mass is 79.9. The number of aromatic nitrogens is 6. The molecule has 1 atom stereocenters. The first-order chi connectivity index (χ1) is 13.6. The van der Waals surface area contributed by atoms with Crippen LogP contribution in [-0.4, -0.2) is 36.6 Å². The van der Waals surface area contributed by atoms with E-state index >= 15 is 0 Å². The molecule has 3 heterocycles. The molecule has 0 unspecified atom stereocenters. The lowest BCUT2D eigenvalue weighted by Gasteiger charge is -2.17. The smallest absolute Gasteiger partial charge is 0.328 e. The Morgan fingerprint density at radius 2 is 2.21 bits per heavy atom. The summed E-state index contributed by atoms with van der Waals surface area (Å²) >= 11 is 3.48. The summed E-state index contributed by atoms with van der Waals surface area (Å²) in [4.78, 5) is 31.3. The van der Waals surface area contributed by atoms with E-state index in [-0.39, 0.29) is 11.7 Å². The molecule has 0 aliphatic carbocycles. The predicted octanol–water partition coefficient (Wildman–Crippen LogP) is 2.84. The third kappa shape index (κ3) is 3.38. The summed E-state index contributed by atoms with van der Waals surface area (Å²) < 4.78 is 7.97. The van der Waals surface area contributed by atoms with Crippen molar-refractivity contribution in [2.45, 2.75) is 19.5 Å². The number of anilines is 1. The second-order valence-corrected chi connectivity index (χ2v) is 7.12. The molecule has 0 saturated carbocycles. The molecule has 0 spiro atoms. The summed E-state index contributed by atoms with van der Waals surface area (Å²) in [6.07, 6.45) is 5.00. The molecule has 4 aromatic rings. The molecule has 1 aromatic carbocycles. The Morgan fingerprint density at radius 3 is 2.96 bits per heavy atom. The number of methoxy groups -OCH3 is 1. The highest BCUT2D eigenvalue weighted by Gasteiger charge is 2.20. The largest absolute Gasteiger partial charge is 0.496 e. The third-order valence-corrected chi connectivity index (χ3v) is 4.96. The van der Waals surface area contributed by atoms with Gasteiger partial charge in [-0.1, -0.05) is 15.9 Å². The van der Waals surface area contributed by atoms with E-state index in [0.717, 1.165) is 15.7 Å².